The van der Waals surface area contributed by atoms with E-state index in [2.05, 4.69) is 20.3 Å². The number of pyridine rings is 2. The van der Waals surface area contributed by atoms with Crippen LogP contribution in [0.4, 0.5) is 26.3 Å². The summed E-state index contributed by atoms with van der Waals surface area (Å²) in [5.74, 6) is -0.486. The Kier molecular flexibility index (Phi) is 5.30. The number of aromatic nitrogens is 5. The average molecular weight is 451 g/mol. The van der Waals surface area contributed by atoms with E-state index in [9.17, 15) is 34.8 Å². The third kappa shape index (κ3) is 4.27. The maximum absolute atomic E-state index is 13.0. The molecule has 3 heterocycles. The molecular weight excluding hydrogens is 440 g/mol. The Hall–Kier alpha value is -3.03. The van der Waals surface area contributed by atoms with Crippen LogP contribution in [-0.4, -0.2) is 39.1 Å². The van der Waals surface area contributed by atoms with Crippen LogP contribution < -0.4 is 0 Å². The van der Waals surface area contributed by atoms with E-state index in [1.807, 2.05) is 0 Å². The molecule has 0 bridgehead atoms. The van der Waals surface area contributed by atoms with E-state index < -0.39 is 44.1 Å². The van der Waals surface area contributed by atoms with Crippen molar-refractivity contribution >= 4 is 9.84 Å². The van der Waals surface area contributed by atoms with E-state index in [4.69, 9.17) is 0 Å². The molecule has 0 fully saturated rings. The summed E-state index contributed by atoms with van der Waals surface area (Å²) in [6.45, 7) is 1.25. The van der Waals surface area contributed by atoms with Gasteiger partial charge in [-0.25, -0.2) is 18.1 Å². The van der Waals surface area contributed by atoms with Gasteiger partial charge in [-0.2, -0.15) is 26.3 Å². The van der Waals surface area contributed by atoms with Crippen LogP contribution in [-0.2, 0) is 22.2 Å². The van der Waals surface area contributed by atoms with Crippen molar-refractivity contribution in [1.29, 1.82) is 0 Å². The number of alkyl halides is 6. The Bertz CT molecular complexity index is 1170. The molecule has 3 aromatic rings. The third-order valence-corrected chi connectivity index (χ3v) is 5.68. The summed E-state index contributed by atoms with van der Waals surface area (Å²) < 4.78 is 102. The Labute approximate surface area is 165 Å². The first-order valence-electron chi connectivity index (χ1n) is 8.09. The topological polar surface area (TPSA) is 90.6 Å². The second kappa shape index (κ2) is 7.34. The molecule has 0 saturated carbocycles. The van der Waals surface area contributed by atoms with Crippen molar-refractivity contribution in [3.05, 3.63) is 48.0 Å². The third-order valence-electron chi connectivity index (χ3n) is 3.93. The lowest BCUT2D eigenvalue weighted by atomic mass is 10.2. The zero-order valence-electron chi connectivity index (χ0n) is 14.9. The van der Waals surface area contributed by atoms with Gasteiger partial charge in [0.15, 0.2) is 9.84 Å². The molecule has 0 aliphatic carbocycles. The molecule has 0 radical (unpaired) electrons. The molecule has 0 N–H and O–H groups in total. The second-order valence-electron chi connectivity index (χ2n) is 5.92. The van der Waals surface area contributed by atoms with Gasteiger partial charge >= 0.3 is 12.4 Å². The smallest absolute Gasteiger partial charge is 0.252 e. The average Bonchev–Trinajstić information content (AvgIpc) is 3.16. The standard InChI is InChI=1S/C16H11F6N5O2S/c1-2-30(28,29)12-5-9(15(17,18)19)6-24-14(12)11-8-27(26-25-11)10-3-4-13(23-7-10)16(20,21)22/h3-8H,2H2,1H3. The zero-order valence-corrected chi connectivity index (χ0v) is 15.7. The first kappa shape index (κ1) is 21.7. The maximum Gasteiger partial charge on any atom is 0.433 e. The zero-order chi connectivity index (χ0) is 22.3. The summed E-state index contributed by atoms with van der Waals surface area (Å²) in [7, 11) is -4.11. The highest BCUT2D eigenvalue weighted by Gasteiger charge is 2.34. The van der Waals surface area contributed by atoms with E-state index in [1.165, 1.54) is 6.92 Å². The summed E-state index contributed by atoms with van der Waals surface area (Å²) in [6, 6.07) is 2.22. The van der Waals surface area contributed by atoms with Gasteiger partial charge in [-0.05, 0) is 18.2 Å². The summed E-state index contributed by atoms with van der Waals surface area (Å²) in [6.07, 6.45) is -7.00. The lowest BCUT2D eigenvalue weighted by Crippen LogP contribution is -2.12. The molecule has 0 spiro atoms. The minimum absolute atomic E-state index is 0.0635. The van der Waals surface area contributed by atoms with Gasteiger partial charge in [0.25, 0.3) is 0 Å². The summed E-state index contributed by atoms with van der Waals surface area (Å²) in [4.78, 5) is 6.19. The first-order chi connectivity index (χ1) is 13.8. The van der Waals surface area contributed by atoms with E-state index in [1.54, 1.807) is 0 Å². The lowest BCUT2D eigenvalue weighted by Gasteiger charge is -2.11. The number of hydrogen-bond acceptors (Lipinski definition) is 6. The molecule has 3 rings (SSSR count). The highest BCUT2D eigenvalue weighted by molar-refractivity contribution is 7.91. The Morgan fingerprint density at radius 3 is 2.23 bits per heavy atom. The van der Waals surface area contributed by atoms with Crippen molar-refractivity contribution in [3.63, 3.8) is 0 Å². The molecule has 160 valence electrons. The molecule has 0 unspecified atom stereocenters. The fourth-order valence-corrected chi connectivity index (χ4v) is 3.44. The highest BCUT2D eigenvalue weighted by atomic mass is 32.2. The molecule has 30 heavy (non-hydrogen) atoms. The van der Waals surface area contributed by atoms with Crippen LogP contribution >= 0.6 is 0 Å². The van der Waals surface area contributed by atoms with Crippen LogP contribution in [0.25, 0.3) is 17.1 Å². The Balaban J connectivity index is 2.06. The molecule has 0 atom stereocenters. The van der Waals surface area contributed by atoms with Crippen LogP contribution in [0.15, 0.2) is 41.7 Å². The van der Waals surface area contributed by atoms with Crippen LogP contribution in [0.5, 0.6) is 0 Å². The van der Waals surface area contributed by atoms with Crippen LogP contribution in [0.1, 0.15) is 18.2 Å². The van der Waals surface area contributed by atoms with Crippen molar-refractivity contribution in [1.82, 2.24) is 25.0 Å². The van der Waals surface area contributed by atoms with Crippen LogP contribution in [0.3, 0.4) is 0 Å². The fourth-order valence-electron chi connectivity index (χ4n) is 2.37. The van der Waals surface area contributed by atoms with Crippen molar-refractivity contribution in [2.24, 2.45) is 0 Å². The monoisotopic (exact) mass is 451 g/mol. The largest absolute Gasteiger partial charge is 0.433 e. The molecule has 7 nitrogen and oxygen atoms in total. The molecule has 14 heteroatoms. The predicted molar refractivity (Wildman–Crippen MR) is 90.1 cm³/mol. The fraction of sp³-hybridized carbons (Fsp3) is 0.250. The van der Waals surface area contributed by atoms with Crippen molar-refractivity contribution in [3.8, 4) is 17.1 Å². The Morgan fingerprint density at radius 1 is 1.00 bits per heavy atom. The van der Waals surface area contributed by atoms with Gasteiger partial charge in [0, 0.05) is 6.20 Å². The number of hydrogen-bond donors (Lipinski definition) is 0. The molecule has 0 aliphatic rings. The maximum atomic E-state index is 13.0. The molecule has 0 amide bonds. The molecule has 0 aliphatic heterocycles. The van der Waals surface area contributed by atoms with Crippen molar-refractivity contribution < 1.29 is 34.8 Å². The molecule has 0 saturated heterocycles. The van der Waals surface area contributed by atoms with Crippen molar-refractivity contribution in [2.45, 2.75) is 24.2 Å². The van der Waals surface area contributed by atoms with Gasteiger partial charge < -0.3 is 0 Å². The summed E-state index contributed by atoms with van der Waals surface area (Å²) in [5, 5.41) is 7.35. The van der Waals surface area contributed by atoms with Gasteiger partial charge in [-0.15, -0.1) is 5.10 Å². The van der Waals surface area contributed by atoms with Gasteiger partial charge in [-0.3, -0.25) is 4.98 Å². The quantitative estimate of drug-likeness (QED) is 0.564. The Morgan fingerprint density at radius 2 is 1.70 bits per heavy atom. The molecule has 0 aromatic carbocycles. The van der Waals surface area contributed by atoms with E-state index in [0.29, 0.717) is 18.3 Å². The van der Waals surface area contributed by atoms with Gasteiger partial charge in [-0.1, -0.05) is 12.1 Å². The van der Waals surface area contributed by atoms with E-state index >= 15 is 0 Å². The summed E-state index contributed by atoms with van der Waals surface area (Å²) >= 11 is 0. The van der Waals surface area contributed by atoms with Gasteiger partial charge in [0.05, 0.1) is 34.3 Å². The van der Waals surface area contributed by atoms with E-state index in [-0.39, 0.29) is 17.1 Å². The molecule has 3 aromatic heterocycles. The minimum atomic E-state index is -4.81. The van der Waals surface area contributed by atoms with Gasteiger partial charge in [0.1, 0.15) is 17.1 Å². The number of sulfone groups is 1. The number of nitrogens with zero attached hydrogens (tertiary/aromatic N) is 5. The van der Waals surface area contributed by atoms with Crippen molar-refractivity contribution in [2.75, 3.05) is 5.75 Å². The lowest BCUT2D eigenvalue weighted by molar-refractivity contribution is -0.141. The first-order valence-corrected chi connectivity index (χ1v) is 9.74. The number of rotatable bonds is 4. The van der Waals surface area contributed by atoms with Crippen LogP contribution in [0, 0.1) is 0 Å². The highest BCUT2D eigenvalue weighted by Crippen LogP contribution is 2.34. The minimum Gasteiger partial charge on any atom is -0.252 e. The van der Waals surface area contributed by atoms with Gasteiger partial charge in [0.2, 0.25) is 0 Å². The number of halogens is 6. The van der Waals surface area contributed by atoms with E-state index in [0.717, 1.165) is 23.1 Å². The normalized spacial score (nSPS) is 12.9. The second-order valence-corrected chi connectivity index (χ2v) is 8.17. The molecular formula is C16H11F6N5O2S. The SMILES string of the molecule is CCS(=O)(=O)c1cc(C(F)(F)F)cnc1-c1cn(-c2ccc(C(F)(F)F)nc2)nn1. The predicted octanol–water partition coefficient (Wildman–Crippen LogP) is 3.56. The van der Waals surface area contributed by atoms with Crippen LogP contribution in [0.2, 0.25) is 0 Å². The summed E-state index contributed by atoms with van der Waals surface area (Å²) in [5.41, 5.74) is -2.87.